The van der Waals surface area contributed by atoms with Gasteiger partial charge in [-0.15, -0.1) is 0 Å². The van der Waals surface area contributed by atoms with E-state index in [0.29, 0.717) is 10.8 Å². The minimum absolute atomic E-state index is 0.0880. The van der Waals surface area contributed by atoms with Gasteiger partial charge in [-0.25, -0.2) is 4.39 Å². The highest BCUT2D eigenvalue weighted by Gasteiger charge is 2.11. The Kier molecular flexibility index (Phi) is 3.22. The zero-order chi connectivity index (χ0) is 9.30. The molecule has 0 saturated carbocycles. The van der Waals surface area contributed by atoms with E-state index in [-0.39, 0.29) is 5.56 Å². The van der Waals surface area contributed by atoms with Crippen LogP contribution in [0.4, 0.5) is 4.39 Å². The third kappa shape index (κ3) is 1.69. The number of hydrogen-bond donors (Lipinski definition) is 0. The average molecular weight is 343 g/mol. The van der Waals surface area contributed by atoms with Crippen molar-refractivity contribution in [1.29, 1.82) is 0 Å². The number of carbonyl (C=O) groups is 1. The van der Waals surface area contributed by atoms with Crippen LogP contribution in [-0.2, 0) is 0 Å². The molecule has 1 rings (SSSR count). The number of aldehydes is 1. The van der Waals surface area contributed by atoms with Crippen molar-refractivity contribution in [3.8, 4) is 0 Å². The molecule has 4 heteroatoms. The zero-order valence-electron chi connectivity index (χ0n) is 6.20. The number of hydrogen-bond acceptors (Lipinski definition) is 1. The first-order valence-electron chi connectivity index (χ1n) is 3.17. The van der Waals surface area contributed by atoms with Crippen molar-refractivity contribution in [2.75, 3.05) is 0 Å². The van der Waals surface area contributed by atoms with E-state index in [1.807, 2.05) is 0 Å². The minimum Gasteiger partial charge on any atom is -0.298 e. The van der Waals surface area contributed by atoms with Gasteiger partial charge < -0.3 is 0 Å². The quantitative estimate of drug-likeness (QED) is 0.435. The Labute approximate surface area is 91.6 Å². The maximum absolute atomic E-state index is 13.0. The largest absolute Gasteiger partial charge is 0.298 e. The van der Waals surface area contributed by atoms with Gasteiger partial charge in [0.15, 0.2) is 6.29 Å². The molecule has 0 amide bonds. The van der Waals surface area contributed by atoms with E-state index in [9.17, 15) is 9.18 Å². The SMILES string of the molecule is Cc1cc(F)c(C=O)c(Br)c1I. The molecule has 0 saturated heterocycles. The van der Waals surface area contributed by atoms with Crippen molar-refractivity contribution in [2.45, 2.75) is 6.92 Å². The first-order valence-corrected chi connectivity index (χ1v) is 5.04. The van der Waals surface area contributed by atoms with Crippen LogP contribution >= 0.6 is 38.5 Å². The molecular weight excluding hydrogens is 338 g/mol. The van der Waals surface area contributed by atoms with Gasteiger partial charge in [0.2, 0.25) is 0 Å². The second-order valence-electron chi connectivity index (χ2n) is 2.33. The predicted molar refractivity (Wildman–Crippen MR) is 56.9 cm³/mol. The lowest BCUT2D eigenvalue weighted by atomic mass is 10.1. The Morgan fingerprint density at radius 3 is 2.75 bits per heavy atom. The molecule has 1 nitrogen and oxygen atoms in total. The molecule has 64 valence electrons. The fourth-order valence-corrected chi connectivity index (χ4v) is 1.88. The standard InChI is InChI=1S/C8H5BrFIO/c1-4-2-6(10)5(3-12)7(9)8(4)11/h2-3H,1H3. The molecule has 12 heavy (non-hydrogen) atoms. The van der Waals surface area contributed by atoms with E-state index in [4.69, 9.17) is 0 Å². The van der Waals surface area contributed by atoms with E-state index in [1.54, 1.807) is 6.92 Å². The molecule has 0 N–H and O–H groups in total. The predicted octanol–water partition coefficient (Wildman–Crippen LogP) is 3.31. The Hall–Kier alpha value is 0.0300. The van der Waals surface area contributed by atoms with Crippen LogP contribution in [0.5, 0.6) is 0 Å². The van der Waals surface area contributed by atoms with Crippen LogP contribution in [0.25, 0.3) is 0 Å². The summed E-state index contributed by atoms with van der Waals surface area (Å²) in [5.41, 5.74) is 0.913. The van der Waals surface area contributed by atoms with Gasteiger partial charge in [0.05, 0.1) is 5.56 Å². The van der Waals surface area contributed by atoms with Gasteiger partial charge in [-0.05, 0) is 57.1 Å². The molecule has 0 radical (unpaired) electrons. The van der Waals surface area contributed by atoms with Crippen LogP contribution in [0.1, 0.15) is 15.9 Å². The lowest BCUT2D eigenvalue weighted by Gasteiger charge is -2.04. The summed E-state index contributed by atoms with van der Waals surface area (Å²) in [6, 6.07) is 1.36. The second kappa shape index (κ2) is 3.83. The van der Waals surface area contributed by atoms with E-state index >= 15 is 0 Å². The summed E-state index contributed by atoms with van der Waals surface area (Å²) in [5, 5.41) is 0. The van der Waals surface area contributed by atoms with Crippen molar-refractivity contribution < 1.29 is 9.18 Å². The number of benzene rings is 1. The lowest BCUT2D eigenvalue weighted by molar-refractivity contribution is 0.111. The summed E-state index contributed by atoms with van der Waals surface area (Å²) in [7, 11) is 0. The van der Waals surface area contributed by atoms with Crippen LogP contribution in [-0.4, -0.2) is 6.29 Å². The van der Waals surface area contributed by atoms with Crippen molar-refractivity contribution in [2.24, 2.45) is 0 Å². The van der Waals surface area contributed by atoms with Crippen molar-refractivity contribution >= 4 is 44.8 Å². The third-order valence-corrected chi connectivity index (χ3v) is 4.45. The summed E-state index contributed by atoms with van der Waals surface area (Å²) in [6.45, 7) is 1.80. The highest BCUT2D eigenvalue weighted by Crippen LogP contribution is 2.27. The van der Waals surface area contributed by atoms with Gasteiger partial charge in [0, 0.05) is 8.04 Å². The molecular formula is C8H5BrFIO. The fourth-order valence-electron chi connectivity index (χ4n) is 0.835. The van der Waals surface area contributed by atoms with Crippen LogP contribution < -0.4 is 0 Å². The third-order valence-electron chi connectivity index (χ3n) is 1.49. The van der Waals surface area contributed by atoms with Gasteiger partial charge >= 0.3 is 0 Å². The van der Waals surface area contributed by atoms with Crippen LogP contribution in [0.2, 0.25) is 0 Å². The van der Waals surface area contributed by atoms with Crippen LogP contribution in [0.15, 0.2) is 10.5 Å². The number of halogens is 3. The summed E-state index contributed by atoms with van der Waals surface area (Å²) in [6.07, 6.45) is 0.515. The molecule has 0 unspecified atom stereocenters. The molecule has 0 fully saturated rings. The van der Waals surface area contributed by atoms with Crippen molar-refractivity contribution in [1.82, 2.24) is 0 Å². The maximum atomic E-state index is 13.0. The Morgan fingerprint density at radius 1 is 1.67 bits per heavy atom. The zero-order valence-corrected chi connectivity index (χ0v) is 9.94. The number of aryl methyl sites for hydroxylation is 1. The van der Waals surface area contributed by atoms with Gasteiger partial charge in [0.1, 0.15) is 5.82 Å². The monoisotopic (exact) mass is 342 g/mol. The Morgan fingerprint density at radius 2 is 2.25 bits per heavy atom. The molecule has 0 aliphatic heterocycles. The van der Waals surface area contributed by atoms with Gasteiger partial charge in [0.25, 0.3) is 0 Å². The molecule has 0 heterocycles. The normalized spacial score (nSPS) is 10.0. The van der Waals surface area contributed by atoms with Crippen LogP contribution in [0, 0.1) is 16.3 Å². The summed E-state index contributed by atoms with van der Waals surface area (Å²) < 4.78 is 14.4. The maximum Gasteiger partial charge on any atom is 0.154 e. The molecule has 0 atom stereocenters. The highest BCUT2D eigenvalue weighted by molar-refractivity contribution is 14.1. The lowest BCUT2D eigenvalue weighted by Crippen LogP contribution is -1.94. The molecule has 1 aromatic rings. The first-order chi connectivity index (χ1) is 5.57. The number of carbonyl (C=O) groups excluding carboxylic acids is 1. The van der Waals surface area contributed by atoms with Gasteiger partial charge in [-0.2, -0.15) is 0 Å². The fraction of sp³-hybridized carbons (Fsp3) is 0.125. The molecule has 0 spiro atoms. The number of rotatable bonds is 1. The molecule has 1 aromatic carbocycles. The van der Waals surface area contributed by atoms with Gasteiger partial charge in [-0.1, -0.05) is 0 Å². The molecule has 0 aromatic heterocycles. The van der Waals surface area contributed by atoms with Crippen molar-refractivity contribution in [3.63, 3.8) is 0 Å². The highest BCUT2D eigenvalue weighted by atomic mass is 127. The molecule has 0 aliphatic rings. The Balaban J connectivity index is 3.51. The Bertz CT molecular complexity index is 338. The van der Waals surface area contributed by atoms with Gasteiger partial charge in [-0.3, -0.25) is 4.79 Å². The summed E-state index contributed by atoms with van der Waals surface area (Å²) >= 11 is 5.23. The summed E-state index contributed by atoms with van der Waals surface area (Å²) in [4.78, 5) is 10.4. The second-order valence-corrected chi connectivity index (χ2v) is 4.21. The summed E-state index contributed by atoms with van der Waals surface area (Å²) in [5.74, 6) is -0.477. The average Bonchev–Trinajstić information content (AvgIpc) is 2.01. The van der Waals surface area contributed by atoms with E-state index < -0.39 is 5.82 Å². The van der Waals surface area contributed by atoms with E-state index in [0.717, 1.165) is 9.13 Å². The molecule has 0 bridgehead atoms. The first kappa shape index (κ1) is 10.1. The van der Waals surface area contributed by atoms with E-state index in [1.165, 1.54) is 6.07 Å². The molecule has 0 aliphatic carbocycles. The smallest absolute Gasteiger partial charge is 0.154 e. The van der Waals surface area contributed by atoms with Crippen LogP contribution in [0.3, 0.4) is 0 Å². The van der Waals surface area contributed by atoms with E-state index in [2.05, 4.69) is 38.5 Å². The topological polar surface area (TPSA) is 17.1 Å². The minimum atomic E-state index is -0.477. The van der Waals surface area contributed by atoms with Crippen molar-refractivity contribution in [3.05, 3.63) is 31.1 Å².